The van der Waals surface area contributed by atoms with Gasteiger partial charge in [0.25, 0.3) is 0 Å². The molecule has 1 aromatic carbocycles. The molecule has 0 spiro atoms. The summed E-state index contributed by atoms with van der Waals surface area (Å²) >= 11 is 0. The summed E-state index contributed by atoms with van der Waals surface area (Å²) in [6.45, 7) is 10.2. The fourth-order valence-corrected chi connectivity index (χ4v) is 2.21. The van der Waals surface area contributed by atoms with Crippen LogP contribution in [-0.2, 0) is 6.54 Å². The van der Waals surface area contributed by atoms with Crippen molar-refractivity contribution in [1.29, 1.82) is 0 Å². The highest BCUT2D eigenvalue weighted by molar-refractivity contribution is 5.39. The predicted octanol–water partition coefficient (Wildman–Crippen LogP) is 3.53. The van der Waals surface area contributed by atoms with Crippen molar-refractivity contribution in [3.63, 3.8) is 0 Å². The molecular formula is C15H26N2. The van der Waals surface area contributed by atoms with Crippen molar-refractivity contribution < 1.29 is 0 Å². The van der Waals surface area contributed by atoms with Crippen LogP contribution in [0, 0.1) is 5.92 Å². The molecule has 1 unspecified atom stereocenters. The zero-order valence-electron chi connectivity index (χ0n) is 11.4. The number of hydrogen-bond acceptors (Lipinski definition) is 2. The van der Waals surface area contributed by atoms with Crippen molar-refractivity contribution in [2.24, 2.45) is 5.92 Å². The molecule has 0 fully saturated rings. The van der Waals surface area contributed by atoms with E-state index in [0.717, 1.165) is 24.7 Å². The summed E-state index contributed by atoms with van der Waals surface area (Å²) in [6.07, 6.45) is 2.60. The first-order valence-electron chi connectivity index (χ1n) is 6.72. The van der Waals surface area contributed by atoms with E-state index >= 15 is 0 Å². The quantitative estimate of drug-likeness (QED) is 0.731. The maximum absolute atomic E-state index is 5.70. The van der Waals surface area contributed by atoms with E-state index < -0.39 is 0 Å². The van der Waals surface area contributed by atoms with Crippen molar-refractivity contribution in [3.8, 4) is 0 Å². The van der Waals surface area contributed by atoms with E-state index in [1.54, 1.807) is 0 Å². The van der Waals surface area contributed by atoms with Gasteiger partial charge in [0.05, 0.1) is 0 Å². The normalized spacial score (nSPS) is 12.9. The van der Waals surface area contributed by atoms with Crippen LogP contribution in [0.15, 0.2) is 24.3 Å². The molecule has 0 aliphatic rings. The van der Waals surface area contributed by atoms with Crippen LogP contribution in [0.3, 0.4) is 0 Å². The average molecular weight is 234 g/mol. The number of rotatable bonds is 7. The largest absolute Gasteiger partial charge is 0.399 e. The van der Waals surface area contributed by atoms with Gasteiger partial charge in [-0.05, 0) is 36.6 Å². The number of hydrogen-bond donors (Lipinski definition) is 1. The summed E-state index contributed by atoms with van der Waals surface area (Å²) in [5.41, 5.74) is 7.89. The Morgan fingerprint density at radius 1 is 1.18 bits per heavy atom. The Bertz CT molecular complexity index is 305. The number of nitrogens with zero attached hydrogens (tertiary/aromatic N) is 1. The predicted molar refractivity (Wildman–Crippen MR) is 75.9 cm³/mol. The Labute approximate surface area is 106 Å². The lowest BCUT2D eigenvalue weighted by molar-refractivity contribution is 0.234. The maximum Gasteiger partial charge on any atom is 0.0314 e. The molecule has 0 heterocycles. The third kappa shape index (κ3) is 5.22. The van der Waals surface area contributed by atoms with Crippen molar-refractivity contribution in [3.05, 3.63) is 29.8 Å². The second-order valence-electron chi connectivity index (χ2n) is 4.96. The number of benzene rings is 1. The van der Waals surface area contributed by atoms with Crippen LogP contribution in [0.4, 0.5) is 5.69 Å². The maximum atomic E-state index is 5.70. The van der Waals surface area contributed by atoms with Crippen molar-refractivity contribution in [2.45, 2.75) is 40.2 Å². The van der Waals surface area contributed by atoms with Crippen LogP contribution >= 0.6 is 0 Å². The fraction of sp³-hybridized carbons (Fsp3) is 0.600. The molecule has 0 amide bonds. The summed E-state index contributed by atoms with van der Waals surface area (Å²) < 4.78 is 0. The van der Waals surface area contributed by atoms with E-state index in [4.69, 9.17) is 5.73 Å². The van der Waals surface area contributed by atoms with Gasteiger partial charge >= 0.3 is 0 Å². The second kappa shape index (κ2) is 7.33. The van der Waals surface area contributed by atoms with Crippen molar-refractivity contribution in [1.82, 2.24) is 4.90 Å². The molecular weight excluding hydrogens is 208 g/mol. The number of nitrogens with two attached hydrogens (primary N) is 1. The van der Waals surface area contributed by atoms with Crippen LogP contribution in [-0.4, -0.2) is 18.0 Å². The van der Waals surface area contributed by atoms with E-state index in [-0.39, 0.29) is 0 Å². The lowest BCUT2D eigenvalue weighted by Gasteiger charge is -2.24. The molecule has 0 aromatic heterocycles. The minimum atomic E-state index is 0.786. The third-order valence-electron chi connectivity index (χ3n) is 3.18. The summed E-state index contributed by atoms with van der Waals surface area (Å²) in [4.78, 5) is 2.51. The molecule has 2 N–H and O–H groups in total. The van der Waals surface area contributed by atoms with E-state index in [0.29, 0.717) is 0 Å². The standard InChI is InChI=1S/C15H26N2/c1-4-6-13(3)11-17(5-2)12-14-7-9-15(16)10-8-14/h7-10,13H,4-6,11-12,16H2,1-3H3. The van der Waals surface area contributed by atoms with Crippen LogP contribution in [0.2, 0.25) is 0 Å². The summed E-state index contributed by atoms with van der Waals surface area (Å²) in [7, 11) is 0. The average Bonchev–Trinajstić information content (AvgIpc) is 2.31. The van der Waals surface area contributed by atoms with Crippen LogP contribution in [0.1, 0.15) is 39.2 Å². The van der Waals surface area contributed by atoms with Gasteiger partial charge in [-0.1, -0.05) is 39.3 Å². The van der Waals surface area contributed by atoms with Gasteiger partial charge in [0.15, 0.2) is 0 Å². The monoisotopic (exact) mass is 234 g/mol. The molecule has 0 saturated carbocycles. The van der Waals surface area contributed by atoms with E-state index in [2.05, 4.69) is 37.8 Å². The van der Waals surface area contributed by atoms with E-state index in [1.165, 1.54) is 24.9 Å². The number of anilines is 1. The second-order valence-corrected chi connectivity index (χ2v) is 4.96. The molecule has 1 aromatic rings. The molecule has 1 rings (SSSR count). The number of nitrogen functional groups attached to an aromatic ring is 1. The molecule has 0 radical (unpaired) electrons. The first kappa shape index (κ1) is 14.0. The van der Waals surface area contributed by atoms with Crippen molar-refractivity contribution >= 4 is 5.69 Å². The molecule has 96 valence electrons. The Morgan fingerprint density at radius 2 is 1.82 bits per heavy atom. The molecule has 0 aliphatic carbocycles. The Morgan fingerprint density at radius 3 is 2.35 bits per heavy atom. The van der Waals surface area contributed by atoms with Crippen LogP contribution in [0.5, 0.6) is 0 Å². The highest BCUT2D eigenvalue weighted by Gasteiger charge is 2.08. The van der Waals surface area contributed by atoms with Gasteiger partial charge in [0, 0.05) is 18.8 Å². The SMILES string of the molecule is CCCC(C)CN(CC)Cc1ccc(N)cc1. The van der Waals surface area contributed by atoms with Crippen LogP contribution < -0.4 is 5.73 Å². The Balaban J connectivity index is 2.48. The van der Waals surface area contributed by atoms with Gasteiger partial charge in [-0.3, -0.25) is 4.90 Å². The molecule has 0 saturated heterocycles. The first-order valence-corrected chi connectivity index (χ1v) is 6.72. The van der Waals surface area contributed by atoms with E-state index in [1.807, 2.05) is 12.1 Å². The smallest absolute Gasteiger partial charge is 0.0314 e. The van der Waals surface area contributed by atoms with Gasteiger partial charge < -0.3 is 5.73 Å². The van der Waals surface area contributed by atoms with Gasteiger partial charge in [-0.2, -0.15) is 0 Å². The molecule has 1 atom stereocenters. The third-order valence-corrected chi connectivity index (χ3v) is 3.18. The topological polar surface area (TPSA) is 29.3 Å². The summed E-state index contributed by atoms with van der Waals surface area (Å²) in [6, 6.07) is 8.22. The Kier molecular flexibility index (Phi) is 6.06. The highest BCUT2D eigenvalue weighted by atomic mass is 15.1. The van der Waals surface area contributed by atoms with Gasteiger partial charge in [-0.25, -0.2) is 0 Å². The van der Waals surface area contributed by atoms with Crippen molar-refractivity contribution in [2.75, 3.05) is 18.8 Å². The lowest BCUT2D eigenvalue weighted by Crippen LogP contribution is -2.28. The van der Waals surface area contributed by atoms with Gasteiger partial charge in [-0.15, -0.1) is 0 Å². The zero-order valence-corrected chi connectivity index (χ0v) is 11.4. The molecule has 17 heavy (non-hydrogen) atoms. The summed E-state index contributed by atoms with van der Waals surface area (Å²) in [5.74, 6) is 0.786. The molecule has 2 nitrogen and oxygen atoms in total. The lowest BCUT2D eigenvalue weighted by atomic mass is 10.1. The van der Waals surface area contributed by atoms with Gasteiger partial charge in [0.2, 0.25) is 0 Å². The minimum Gasteiger partial charge on any atom is -0.399 e. The van der Waals surface area contributed by atoms with E-state index in [9.17, 15) is 0 Å². The molecule has 0 aliphatic heterocycles. The first-order chi connectivity index (χ1) is 8.15. The highest BCUT2D eigenvalue weighted by Crippen LogP contribution is 2.12. The minimum absolute atomic E-state index is 0.786. The fourth-order valence-electron chi connectivity index (χ4n) is 2.21. The summed E-state index contributed by atoms with van der Waals surface area (Å²) in [5, 5.41) is 0. The molecule has 2 heteroatoms. The van der Waals surface area contributed by atoms with Crippen LogP contribution in [0.25, 0.3) is 0 Å². The molecule has 0 bridgehead atoms. The van der Waals surface area contributed by atoms with Gasteiger partial charge in [0.1, 0.15) is 0 Å². The zero-order chi connectivity index (χ0) is 12.7. The Hall–Kier alpha value is -1.02.